The normalized spacial score (nSPS) is 13.5. The summed E-state index contributed by atoms with van der Waals surface area (Å²) < 4.78 is 11.3. The molecular formula is C32H32N6O6. The van der Waals surface area contributed by atoms with E-state index in [2.05, 4.69) is 20.6 Å². The third-order valence-electron chi connectivity index (χ3n) is 6.82. The van der Waals surface area contributed by atoms with Gasteiger partial charge in [0.25, 0.3) is 17.5 Å². The van der Waals surface area contributed by atoms with Gasteiger partial charge in [0.15, 0.2) is 0 Å². The van der Waals surface area contributed by atoms with Gasteiger partial charge in [-0.15, -0.1) is 0 Å². The van der Waals surface area contributed by atoms with Crippen molar-refractivity contribution in [3.8, 4) is 23.0 Å². The summed E-state index contributed by atoms with van der Waals surface area (Å²) in [7, 11) is 0. The van der Waals surface area contributed by atoms with Gasteiger partial charge in [-0.2, -0.15) is 0 Å². The van der Waals surface area contributed by atoms with E-state index in [1.807, 2.05) is 0 Å². The molecule has 0 bridgehead atoms. The Kier molecular flexibility index (Phi) is 9.60. The molecule has 4 aromatic rings. The van der Waals surface area contributed by atoms with E-state index in [1.54, 1.807) is 54.7 Å². The molecule has 0 saturated heterocycles. The third kappa shape index (κ3) is 9.24. The number of carbonyl (C=O) groups excluding carboxylic acids is 2. The number of nitrogens with two attached hydrogens (primary N) is 1. The van der Waals surface area contributed by atoms with Crippen LogP contribution >= 0.6 is 0 Å². The van der Waals surface area contributed by atoms with Gasteiger partial charge < -0.3 is 25.8 Å². The molecule has 2 aliphatic rings. The summed E-state index contributed by atoms with van der Waals surface area (Å²) in [5, 5.41) is 16.3. The summed E-state index contributed by atoms with van der Waals surface area (Å²) in [5.41, 5.74) is 6.95. The molecule has 44 heavy (non-hydrogen) atoms. The summed E-state index contributed by atoms with van der Waals surface area (Å²) in [4.78, 5) is 42.2. The van der Waals surface area contributed by atoms with Crippen LogP contribution in [0.1, 0.15) is 46.7 Å². The van der Waals surface area contributed by atoms with Crippen LogP contribution in [-0.2, 0) is 0 Å². The van der Waals surface area contributed by atoms with E-state index in [4.69, 9.17) is 15.2 Å². The SMILES string of the molecule is Nc1ccc(Oc2ccnc(C(=O)NCC3CC3)c2)cc1.O=C(NCC1CC1)c1cc(Oc2ccc([N+](=O)[O-])cc2)ccn1. The van der Waals surface area contributed by atoms with Crippen LogP contribution < -0.4 is 25.8 Å². The largest absolute Gasteiger partial charge is 0.457 e. The smallest absolute Gasteiger partial charge is 0.270 e. The second-order valence-corrected chi connectivity index (χ2v) is 10.6. The molecule has 0 atom stereocenters. The van der Waals surface area contributed by atoms with E-state index in [0.29, 0.717) is 52.8 Å². The van der Waals surface area contributed by atoms with E-state index < -0.39 is 4.92 Å². The zero-order chi connectivity index (χ0) is 30.9. The Balaban J connectivity index is 0.000000175. The van der Waals surface area contributed by atoms with Gasteiger partial charge in [-0.3, -0.25) is 29.7 Å². The monoisotopic (exact) mass is 596 g/mol. The molecule has 2 aromatic heterocycles. The average molecular weight is 597 g/mol. The van der Waals surface area contributed by atoms with Crippen LogP contribution in [0.2, 0.25) is 0 Å². The van der Waals surface area contributed by atoms with Gasteiger partial charge in [0.2, 0.25) is 0 Å². The number of hydrogen-bond donors (Lipinski definition) is 3. The van der Waals surface area contributed by atoms with Crippen molar-refractivity contribution in [3.63, 3.8) is 0 Å². The molecule has 226 valence electrons. The highest BCUT2D eigenvalue weighted by atomic mass is 16.6. The molecule has 2 saturated carbocycles. The van der Waals surface area contributed by atoms with Gasteiger partial charge in [0.1, 0.15) is 34.4 Å². The van der Waals surface area contributed by atoms with Crippen LogP contribution in [0.5, 0.6) is 23.0 Å². The second-order valence-electron chi connectivity index (χ2n) is 10.6. The Labute approximate surface area is 253 Å². The first-order valence-electron chi connectivity index (χ1n) is 14.3. The summed E-state index contributed by atoms with van der Waals surface area (Å²) in [6.07, 6.45) is 7.79. The predicted octanol–water partition coefficient (Wildman–Crippen LogP) is 5.52. The first-order chi connectivity index (χ1) is 21.3. The van der Waals surface area contributed by atoms with Crippen molar-refractivity contribution in [1.82, 2.24) is 20.6 Å². The first kappa shape index (κ1) is 30.0. The number of hydrogen-bond acceptors (Lipinski definition) is 9. The second kappa shape index (κ2) is 14.1. The number of ether oxygens (including phenoxy) is 2. The lowest BCUT2D eigenvalue weighted by atomic mass is 10.3. The average Bonchev–Trinajstić information content (AvgIpc) is 3.97. The number of non-ortho nitro benzene ring substituents is 1. The molecule has 12 nitrogen and oxygen atoms in total. The van der Waals surface area contributed by atoms with Gasteiger partial charge in [-0.1, -0.05) is 0 Å². The lowest BCUT2D eigenvalue weighted by Gasteiger charge is -2.08. The number of nitrogens with zero attached hydrogens (tertiary/aromatic N) is 3. The lowest BCUT2D eigenvalue weighted by molar-refractivity contribution is -0.384. The zero-order valence-electron chi connectivity index (χ0n) is 23.8. The molecule has 0 spiro atoms. The fourth-order valence-corrected chi connectivity index (χ4v) is 3.94. The van der Waals surface area contributed by atoms with Crippen LogP contribution in [0.15, 0.2) is 85.2 Å². The van der Waals surface area contributed by atoms with Gasteiger partial charge in [0, 0.05) is 55.4 Å². The van der Waals surface area contributed by atoms with E-state index in [0.717, 1.165) is 19.4 Å². The van der Waals surface area contributed by atoms with Crippen molar-refractivity contribution >= 4 is 23.2 Å². The number of anilines is 1. The van der Waals surface area contributed by atoms with E-state index in [-0.39, 0.29) is 23.2 Å². The molecule has 0 unspecified atom stereocenters. The number of nitrogen functional groups attached to an aromatic ring is 1. The molecule has 0 aliphatic heterocycles. The van der Waals surface area contributed by atoms with Gasteiger partial charge >= 0.3 is 0 Å². The van der Waals surface area contributed by atoms with Crippen LogP contribution in [0.25, 0.3) is 0 Å². The van der Waals surface area contributed by atoms with Crippen molar-refractivity contribution in [2.45, 2.75) is 25.7 Å². The fraction of sp³-hybridized carbons (Fsp3) is 0.250. The lowest BCUT2D eigenvalue weighted by Crippen LogP contribution is -2.26. The number of nitro benzene ring substituents is 1. The van der Waals surface area contributed by atoms with Crippen molar-refractivity contribution in [2.24, 2.45) is 11.8 Å². The summed E-state index contributed by atoms with van der Waals surface area (Å²) in [5.74, 6) is 2.99. The van der Waals surface area contributed by atoms with E-state index >= 15 is 0 Å². The molecule has 2 heterocycles. The number of nitro groups is 1. The van der Waals surface area contributed by atoms with Gasteiger partial charge in [0.05, 0.1) is 4.92 Å². The Morgan fingerprint density at radius 3 is 1.57 bits per heavy atom. The first-order valence-corrected chi connectivity index (χ1v) is 14.3. The fourth-order valence-electron chi connectivity index (χ4n) is 3.94. The minimum atomic E-state index is -0.474. The molecule has 6 rings (SSSR count). The maximum absolute atomic E-state index is 12.0. The maximum atomic E-state index is 12.0. The van der Waals surface area contributed by atoms with E-state index in [1.165, 1.54) is 43.3 Å². The quantitative estimate of drug-likeness (QED) is 0.115. The van der Waals surface area contributed by atoms with E-state index in [9.17, 15) is 19.7 Å². The summed E-state index contributed by atoms with van der Waals surface area (Å²) >= 11 is 0. The molecule has 4 N–H and O–H groups in total. The number of nitrogens with one attached hydrogen (secondary N) is 2. The van der Waals surface area contributed by atoms with Crippen LogP contribution in [0.4, 0.5) is 11.4 Å². The van der Waals surface area contributed by atoms with Crippen LogP contribution in [-0.4, -0.2) is 39.8 Å². The highest BCUT2D eigenvalue weighted by Crippen LogP contribution is 2.29. The Hall–Kier alpha value is -5.52. The van der Waals surface area contributed by atoms with Crippen LogP contribution in [0.3, 0.4) is 0 Å². The minimum Gasteiger partial charge on any atom is -0.457 e. The van der Waals surface area contributed by atoms with Crippen LogP contribution in [0, 0.1) is 22.0 Å². The number of rotatable bonds is 11. The Bertz CT molecular complexity index is 1600. The van der Waals surface area contributed by atoms with Gasteiger partial charge in [-0.05, 0) is 86.1 Å². The molecule has 0 radical (unpaired) electrons. The minimum absolute atomic E-state index is 0.00720. The van der Waals surface area contributed by atoms with Crippen molar-refractivity contribution in [1.29, 1.82) is 0 Å². The Morgan fingerprint density at radius 1 is 0.727 bits per heavy atom. The zero-order valence-corrected chi connectivity index (χ0v) is 23.8. The number of carbonyl (C=O) groups is 2. The number of aromatic nitrogens is 2. The third-order valence-corrected chi connectivity index (χ3v) is 6.82. The predicted molar refractivity (Wildman–Crippen MR) is 163 cm³/mol. The molecule has 2 amide bonds. The van der Waals surface area contributed by atoms with Crippen molar-refractivity contribution < 1.29 is 24.0 Å². The standard InChI is InChI=1S/C16H15N3O4.C16H17N3O2/c20-16(18-10-11-1-2-11)15-9-14(7-8-17-15)23-13-5-3-12(4-6-13)19(21)22;17-12-3-5-13(6-4-12)21-14-7-8-18-15(9-14)16(20)19-10-11-1-2-11/h3-9,11H,1-2,10H2,(H,18,20);3-9,11H,1-2,10,17H2,(H,19,20). The number of benzene rings is 2. The maximum Gasteiger partial charge on any atom is 0.270 e. The Morgan fingerprint density at radius 2 is 1.16 bits per heavy atom. The van der Waals surface area contributed by atoms with Crippen molar-refractivity contribution in [2.75, 3.05) is 18.8 Å². The molecule has 2 aliphatic carbocycles. The topological polar surface area (TPSA) is 172 Å². The highest BCUT2D eigenvalue weighted by molar-refractivity contribution is 5.93. The number of amides is 2. The number of pyridine rings is 2. The van der Waals surface area contributed by atoms with Crippen molar-refractivity contribution in [3.05, 3.63) is 107 Å². The molecule has 2 fully saturated rings. The highest BCUT2D eigenvalue weighted by Gasteiger charge is 2.23. The van der Waals surface area contributed by atoms with Gasteiger partial charge in [-0.25, -0.2) is 0 Å². The summed E-state index contributed by atoms with van der Waals surface area (Å²) in [6, 6.07) is 19.3. The molecular weight excluding hydrogens is 564 g/mol. The molecule has 2 aromatic carbocycles. The molecule has 12 heteroatoms. The summed E-state index contributed by atoms with van der Waals surface area (Å²) in [6.45, 7) is 1.40.